The highest BCUT2D eigenvalue weighted by atomic mass is 35.5. The van der Waals surface area contributed by atoms with E-state index < -0.39 is 6.04 Å². The van der Waals surface area contributed by atoms with E-state index in [0.717, 1.165) is 5.56 Å². The zero-order chi connectivity index (χ0) is 14.7. The maximum absolute atomic E-state index is 12.2. The lowest BCUT2D eigenvalue weighted by molar-refractivity contribution is -0.132. The molecule has 2 aromatic carbocycles. The second-order valence-corrected chi connectivity index (χ2v) is 5.65. The zero-order valence-electron chi connectivity index (χ0n) is 12.7. The lowest BCUT2D eigenvalue weighted by atomic mass is 10.0. The van der Waals surface area contributed by atoms with Gasteiger partial charge >= 0.3 is 0 Å². The number of hydrogen-bond acceptors (Lipinski definition) is 2. The molecule has 1 amide bonds. The molecular formula is C17H23ClN2O. The van der Waals surface area contributed by atoms with Crippen LogP contribution >= 0.6 is 12.4 Å². The van der Waals surface area contributed by atoms with Crippen LogP contribution < -0.4 is 5.73 Å². The van der Waals surface area contributed by atoms with Crippen LogP contribution in [-0.2, 0) is 11.3 Å². The Morgan fingerprint density at radius 1 is 1.14 bits per heavy atom. The topological polar surface area (TPSA) is 46.3 Å². The van der Waals surface area contributed by atoms with Crippen molar-refractivity contribution in [3.63, 3.8) is 0 Å². The molecule has 0 aliphatic carbocycles. The Morgan fingerprint density at radius 2 is 1.76 bits per heavy atom. The number of nitrogens with two attached hydrogens (primary N) is 1. The standard InChI is InChI=1S/C17H22N2O.ClH/c1-12(2)16(18)17(20)19(3)11-13-8-9-14-6-4-5-7-15(14)10-13;/h4-10,12,16H,11,18H2,1-3H3;1H. The summed E-state index contributed by atoms with van der Waals surface area (Å²) in [5.41, 5.74) is 7.03. The third kappa shape index (κ3) is 4.19. The van der Waals surface area contributed by atoms with Crippen molar-refractivity contribution in [1.29, 1.82) is 0 Å². The van der Waals surface area contributed by atoms with Crippen LogP contribution in [0.15, 0.2) is 42.5 Å². The van der Waals surface area contributed by atoms with Crippen LogP contribution in [0.3, 0.4) is 0 Å². The number of halogens is 1. The minimum atomic E-state index is -0.430. The number of hydrogen-bond donors (Lipinski definition) is 1. The molecule has 0 bridgehead atoms. The van der Waals surface area contributed by atoms with Gasteiger partial charge in [-0.15, -0.1) is 12.4 Å². The summed E-state index contributed by atoms with van der Waals surface area (Å²) in [5, 5.41) is 2.41. The van der Waals surface area contributed by atoms with Crippen molar-refractivity contribution in [2.45, 2.75) is 26.4 Å². The smallest absolute Gasteiger partial charge is 0.239 e. The highest BCUT2D eigenvalue weighted by molar-refractivity contribution is 5.85. The van der Waals surface area contributed by atoms with Crippen molar-refractivity contribution in [3.8, 4) is 0 Å². The number of likely N-dealkylation sites (N-methyl/N-ethyl adjacent to an activating group) is 1. The minimum Gasteiger partial charge on any atom is -0.340 e. The van der Waals surface area contributed by atoms with Gasteiger partial charge in [0.1, 0.15) is 0 Å². The zero-order valence-corrected chi connectivity index (χ0v) is 13.6. The lowest BCUT2D eigenvalue weighted by Gasteiger charge is -2.23. The van der Waals surface area contributed by atoms with E-state index in [0.29, 0.717) is 6.54 Å². The molecule has 2 aromatic rings. The van der Waals surface area contributed by atoms with E-state index in [4.69, 9.17) is 5.73 Å². The Hall–Kier alpha value is -1.58. The molecule has 0 aliphatic heterocycles. The monoisotopic (exact) mass is 306 g/mol. The van der Waals surface area contributed by atoms with Gasteiger partial charge in [0.2, 0.25) is 5.91 Å². The molecule has 2 N–H and O–H groups in total. The predicted molar refractivity (Wildman–Crippen MR) is 90.5 cm³/mol. The van der Waals surface area contributed by atoms with E-state index in [1.165, 1.54) is 10.8 Å². The van der Waals surface area contributed by atoms with Gasteiger partial charge in [-0.3, -0.25) is 4.79 Å². The molecule has 0 radical (unpaired) electrons. The van der Waals surface area contributed by atoms with Gasteiger partial charge in [0.05, 0.1) is 6.04 Å². The van der Waals surface area contributed by atoms with Crippen LogP contribution in [0.4, 0.5) is 0 Å². The van der Waals surface area contributed by atoms with Gasteiger partial charge in [-0.25, -0.2) is 0 Å². The third-order valence-electron chi connectivity index (χ3n) is 3.61. The van der Waals surface area contributed by atoms with Crippen LogP contribution in [0.5, 0.6) is 0 Å². The van der Waals surface area contributed by atoms with Crippen molar-refractivity contribution in [1.82, 2.24) is 4.90 Å². The van der Waals surface area contributed by atoms with E-state index in [1.54, 1.807) is 11.9 Å². The van der Waals surface area contributed by atoms with Gasteiger partial charge < -0.3 is 10.6 Å². The molecule has 0 heterocycles. The Morgan fingerprint density at radius 3 is 2.38 bits per heavy atom. The van der Waals surface area contributed by atoms with Crippen molar-refractivity contribution in [3.05, 3.63) is 48.0 Å². The van der Waals surface area contributed by atoms with Crippen LogP contribution in [0.25, 0.3) is 10.8 Å². The van der Waals surface area contributed by atoms with E-state index in [1.807, 2.05) is 26.0 Å². The number of rotatable bonds is 4. The predicted octanol–water partition coefficient (Wildman–Crippen LogP) is 3.20. The minimum absolute atomic E-state index is 0. The number of nitrogens with zero attached hydrogens (tertiary/aromatic N) is 1. The van der Waals surface area contributed by atoms with E-state index >= 15 is 0 Å². The van der Waals surface area contributed by atoms with E-state index in [9.17, 15) is 4.79 Å². The molecule has 114 valence electrons. The second-order valence-electron chi connectivity index (χ2n) is 5.65. The molecule has 0 saturated heterocycles. The van der Waals surface area contributed by atoms with Crippen molar-refractivity contribution >= 4 is 29.1 Å². The molecule has 3 nitrogen and oxygen atoms in total. The van der Waals surface area contributed by atoms with Gasteiger partial charge in [-0.2, -0.15) is 0 Å². The summed E-state index contributed by atoms with van der Waals surface area (Å²) in [4.78, 5) is 13.9. The maximum Gasteiger partial charge on any atom is 0.239 e. The first-order valence-corrected chi connectivity index (χ1v) is 6.97. The molecule has 0 aromatic heterocycles. The molecule has 0 fully saturated rings. The van der Waals surface area contributed by atoms with Crippen molar-refractivity contribution in [2.24, 2.45) is 11.7 Å². The third-order valence-corrected chi connectivity index (χ3v) is 3.61. The first kappa shape index (κ1) is 17.5. The first-order chi connectivity index (χ1) is 9.49. The molecule has 0 saturated carbocycles. The van der Waals surface area contributed by atoms with Gasteiger partial charge in [0.25, 0.3) is 0 Å². The molecule has 1 unspecified atom stereocenters. The summed E-state index contributed by atoms with van der Waals surface area (Å²) in [6.07, 6.45) is 0. The van der Waals surface area contributed by atoms with E-state index in [2.05, 4.69) is 30.3 Å². The van der Waals surface area contributed by atoms with Gasteiger partial charge in [-0.05, 0) is 28.3 Å². The number of amides is 1. The van der Waals surface area contributed by atoms with E-state index in [-0.39, 0.29) is 24.2 Å². The van der Waals surface area contributed by atoms with Crippen LogP contribution in [-0.4, -0.2) is 23.9 Å². The Bertz CT molecular complexity index is 613. The number of benzene rings is 2. The summed E-state index contributed by atoms with van der Waals surface area (Å²) in [7, 11) is 1.81. The summed E-state index contributed by atoms with van der Waals surface area (Å²) < 4.78 is 0. The van der Waals surface area contributed by atoms with Crippen molar-refractivity contribution in [2.75, 3.05) is 7.05 Å². The van der Waals surface area contributed by atoms with Gasteiger partial charge in [0.15, 0.2) is 0 Å². The molecular weight excluding hydrogens is 284 g/mol. The van der Waals surface area contributed by atoms with Crippen molar-refractivity contribution < 1.29 is 4.79 Å². The van der Waals surface area contributed by atoms with Gasteiger partial charge in [0, 0.05) is 13.6 Å². The Balaban J connectivity index is 0.00000220. The summed E-state index contributed by atoms with van der Waals surface area (Å²) in [6, 6.07) is 14.1. The fraction of sp³-hybridized carbons (Fsp3) is 0.353. The highest BCUT2D eigenvalue weighted by Gasteiger charge is 2.20. The average molecular weight is 307 g/mol. The number of fused-ring (bicyclic) bond motifs is 1. The fourth-order valence-corrected chi connectivity index (χ4v) is 2.23. The summed E-state index contributed by atoms with van der Waals surface area (Å²) in [5.74, 6) is 0.148. The Labute approximate surface area is 132 Å². The van der Waals surface area contributed by atoms with Gasteiger partial charge in [-0.1, -0.05) is 50.2 Å². The summed E-state index contributed by atoms with van der Waals surface area (Å²) in [6.45, 7) is 4.52. The summed E-state index contributed by atoms with van der Waals surface area (Å²) >= 11 is 0. The number of carbonyl (C=O) groups is 1. The second kappa shape index (κ2) is 7.43. The molecule has 0 spiro atoms. The molecule has 2 rings (SSSR count). The number of carbonyl (C=O) groups excluding carboxylic acids is 1. The van der Waals surface area contributed by atoms with Crippen LogP contribution in [0.1, 0.15) is 19.4 Å². The SMILES string of the molecule is CC(C)C(N)C(=O)N(C)Cc1ccc2ccccc2c1.Cl. The van der Waals surface area contributed by atoms with Crippen LogP contribution in [0.2, 0.25) is 0 Å². The fourth-order valence-electron chi connectivity index (χ4n) is 2.23. The molecule has 1 atom stereocenters. The first-order valence-electron chi connectivity index (χ1n) is 6.97. The normalized spacial score (nSPS) is 12.0. The quantitative estimate of drug-likeness (QED) is 0.943. The molecule has 4 heteroatoms. The maximum atomic E-state index is 12.2. The Kier molecular flexibility index (Phi) is 6.19. The molecule has 21 heavy (non-hydrogen) atoms. The highest BCUT2D eigenvalue weighted by Crippen LogP contribution is 2.17. The largest absolute Gasteiger partial charge is 0.340 e. The molecule has 0 aliphatic rings. The lowest BCUT2D eigenvalue weighted by Crippen LogP contribution is -2.44. The average Bonchev–Trinajstić information content (AvgIpc) is 2.45. The van der Waals surface area contributed by atoms with Crippen LogP contribution in [0, 0.1) is 5.92 Å².